The minimum Gasteiger partial charge on any atom is -0.388 e. The quantitative estimate of drug-likeness (QED) is 0.746. The van der Waals surface area contributed by atoms with Gasteiger partial charge in [0, 0.05) is 24.6 Å². The van der Waals surface area contributed by atoms with E-state index < -0.39 is 0 Å². The Hall–Kier alpha value is -2.02. The summed E-state index contributed by atoms with van der Waals surface area (Å²) in [6, 6.07) is 3.69. The van der Waals surface area contributed by atoms with E-state index in [0.717, 1.165) is 18.8 Å². The van der Waals surface area contributed by atoms with E-state index in [-0.39, 0.29) is 0 Å². The Kier molecular flexibility index (Phi) is 3.61. The highest BCUT2D eigenvalue weighted by molar-refractivity contribution is 7.80. The fourth-order valence-electron chi connectivity index (χ4n) is 1.34. The summed E-state index contributed by atoms with van der Waals surface area (Å²) in [5.74, 6) is 0. The summed E-state index contributed by atoms with van der Waals surface area (Å²) in [6.07, 6.45) is 5.14. The van der Waals surface area contributed by atoms with Crippen LogP contribution in [0.5, 0.6) is 0 Å². The summed E-state index contributed by atoms with van der Waals surface area (Å²) in [7, 11) is 0. The lowest BCUT2D eigenvalue weighted by Crippen LogP contribution is -2.14. The average molecular weight is 248 g/mol. The molecule has 2 aromatic rings. The molecule has 2 rings (SSSR count). The predicted molar refractivity (Wildman–Crippen MR) is 68.6 cm³/mol. The third-order valence-corrected chi connectivity index (χ3v) is 2.36. The molecule has 0 amide bonds. The van der Waals surface area contributed by atoms with E-state index in [2.05, 4.69) is 20.6 Å². The second-order valence-corrected chi connectivity index (χ2v) is 3.83. The van der Waals surface area contributed by atoms with E-state index in [1.54, 1.807) is 17.1 Å². The molecule has 0 spiro atoms. The first-order chi connectivity index (χ1) is 8.25. The second kappa shape index (κ2) is 5.35. The van der Waals surface area contributed by atoms with Gasteiger partial charge in [-0.2, -0.15) is 0 Å². The molecule has 2 aromatic heterocycles. The lowest BCUT2D eigenvalue weighted by atomic mass is 10.3. The van der Waals surface area contributed by atoms with Crippen molar-refractivity contribution in [2.24, 2.45) is 5.73 Å². The number of hydrogen-bond acceptors (Lipinski definition) is 5. The summed E-state index contributed by atoms with van der Waals surface area (Å²) in [5, 5.41) is 10.8. The number of aromatic nitrogens is 4. The van der Waals surface area contributed by atoms with Gasteiger partial charge in [0.1, 0.15) is 4.99 Å². The molecule has 0 atom stereocenters. The van der Waals surface area contributed by atoms with E-state index in [9.17, 15) is 0 Å². The molecule has 3 N–H and O–H groups in total. The third-order valence-electron chi connectivity index (χ3n) is 2.15. The molecular weight excluding hydrogens is 236 g/mol. The van der Waals surface area contributed by atoms with Crippen molar-refractivity contribution in [2.75, 3.05) is 11.9 Å². The van der Waals surface area contributed by atoms with Gasteiger partial charge in [-0.25, -0.2) is 0 Å². The maximum atomic E-state index is 5.51. The molecule has 0 aliphatic carbocycles. The average Bonchev–Trinajstić information content (AvgIpc) is 2.82. The highest BCUT2D eigenvalue weighted by atomic mass is 32.1. The molecule has 0 aromatic carbocycles. The summed E-state index contributed by atoms with van der Waals surface area (Å²) < 4.78 is 1.75. The van der Waals surface area contributed by atoms with Crippen molar-refractivity contribution in [1.82, 2.24) is 20.0 Å². The smallest absolute Gasteiger partial charge is 0.122 e. The van der Waals surface area contributed by atoms with E-state index in [1.807, 2.05) is 18.3 Å². The molecule has 0 bridgehead atoms. The van der Waals surface area contributed by atoms with Crippen molar-refractivity contribution in [2.45, 2.75) is 6.54 Å². The van der Waals surface area contributed by atoms with Crippen LogP contribution in [0.3, 0.4) is 0 Å². The number of rotatable bonds is 5. The third kappa shape index (κ3) is 3.22. The molecule has 17 heavy (non-hydrogen) atoms. The van der Waals surface area contributed by atoms with E-state index in [1.165, 1.54) is 0 Å². The summed E-state index contributed by atoms with van der Waals surface area (Å²) in [6.45, 7) is 1.48. The number of nitrogens with zero attached hydrogens (tertiary/aromatic N) is 4. The molecule has 0 aliphatic rings. The van der Waals surface area contributed by atoms with E-state index in [0.29, 0.717) is 10.7 Å². The van der Waals surface area contributed by atoms with Gasteiger partial charge in [0.25, 0.3) is 0 Å². The van der Waals surface area contributed by atoms with Gasteiger partial charge in [-0.15, -0.1) is 5.10 Å². The van der Waals surface area contributed by atoms with Crippen LogP contribution < -0.4 is 11.1 Å². The number of anilines is 1. The number of thiocarbonyl (C=S) groups is 1. The van der Waals surface area contributed by atoms with Crippen LogP contribution in [0.15, 0.2) is 30.7 Å². The van der Waals surface area contributed by atoms with Crippen LogP contribution in [0.25, 0.3) is 0 Å². The standard InChI is InChI=1S/C10H12N6S/c11-10(17)9-7-8(1-2-13-9)12-3-5-16-6-4-14-15-16/h1-2,4,6-7H,3,5H2,(H2,11,17)(H,12,13). The van der Waals surface area contributed by atoms with Crippen molar-refractivity contribution >= 4 is 22.9 Å². The summed E-state index contributed by atoms with van der Waals surface area (Å²) >= 11 is 4.86. The van der Waals surface area contributed by atoms with E-state index >= 15 is 0 Å². The Morgan fingerprint density at radius 1 is 1.47 bits per heavy atom. The van der Waals surface area contributed by atoms with Crippen LogP contribution in [0.4, 0.5) is 5.69 Å². The largest absolute Gasteiger partial charge is 0.388 e. The first-order valence-electron chi connectivity index (χ1n) is 5.09. The lowest BCUT2D eigenvalue weighted by molar-refractivity contribution is 0.609. The van der Waals surface area contributed by atoms with Crippen molar-refractivity contribution in [3.8, 4) is 0 Å². The van der Waals surface area contributed by atoms with Crippen molar-refractivity contribution in [3.63, 3.8) is 0 Å². The van der Waals surface area contributed by atoms with Crippen molar-refractivity contribution in [3.05, 3.63) is 36.4 Å². The molecule has 0 unspecified atom stereocenters. The molecule has 0 aliphatic heterocycles. The van der Waals surface area contributed by atoms with Gasteiger partial charge in [-0.3, -0.25) is 9.67 Å². The Balaban J connectivity index is 1.90. The molecule has 7 heteroatoms. The van der Waals surface area contributed by atoms with Crippen LogP contribution in [-0.4, -0.2) is 31.5 Å². The van der Waals surface area contributed by atoms with Gasteiger partial charge >= 0.3 is 0 Å². The topological polar surface area (TPSA) is 81.6 Å². The first-order valence-corrected chi connectivity index (χ1v) is 5.50. The Morgan fingerprint density at radius 2 is 2.35 bits per heavy atom. The molecule has 0 radical (unpaired) electrons. The van der Waals surface area contributed by atoms with Gasteiger partial charge in [0.15, 0.2) is 0 Å². The van der Waals surface area contributed by atoms with Crippen LogP contribution in [-0.2, 0) is 6.54 Å². The second-order valence-electron chi connectivity index (χ2n) is 3.39. The minimum absolute atomic E-state index is 0.296. The van der Waals surface area contributed by atoms with Gasteiger partial charge in [0.2, 0.25) is 0 Å². The SMILES string of the molecule is NC(=S)c1cc(NCCn2ccnn2)ccn1. The Bertz CT molecular complexity index is 495. The first kappa shape index (κ1) is 11.5. The highest BCUT2D eigenvalue weighted by Gasteiger charge is 1.99. The molecular formula is C10H12N6S. The zero-order valence-corrected chi connectivity index (χ0v) is 9.89. The number of pyridine rings is 1. The van der Waals surface area contributed by atoms with Crippen LogP contribution >= 0.6 is 12.2 Å². The van der Waals surface area contributed by atoms with Gasteiger partial charge in [-0.05, 0) is 12.1 Å². The Morgan fingerprint density at radius 3 is 3.06 bits per heavy atom. The van der Waals surface area contributed by atoms with Crippen LogP contribution in [0, 0.1) is 0 Å². The Labute approximate surface area is 104 Å². The molecule has 6 nitrogen and oxygen atoms in total. The zero-order valence-electron chi connectivity index (χ0n) is 9.08. The zero-order chi connectivity index (χ0) is 12.1. The maximum Gasteiger partial charge on any atom is 0.122 e. The molecule has 0 fully saturated rings. The predicted octanol–water partition coefficient (Wildman–Crippen LogP) is 0.419. The summed E-state index contributed by atoms with van der Waals surface area (Å²) in [4.78, 5) is 4.36. The molecule has 0 saturated heterocycles. The van der Waals surface area contributed by atoms with Crippen molar-refractivity contribution < 1.29 is 0 Å². The van der Waals surface area contributed by atoms with Crippen molar-refractivity contribution in [1.29, 1.82) is 0 Å². The monoisotopic (exact) mass is 248 g/mol. The van der Waals surface area contributed by atoms with Crippen LogP contribution in [0.2, 0.25) is 0 Å². The maximum absolute atomic E-state index is 5.51. The number of hydrogen-bond donors (Lipinski definition) is 2. The molecule has 0 saturated carbocycles. The highest BCUT2D eigenvalue weighted by Crippen LogP contribution is 2.07. The van der Waals surface area contributed by atoms with Gasteiger partial charge < -0.3 is 11.1 Å². The number of nitrogens with two attached hydrogens (primary N) is 1. The van der Waals surface area contributed by atoms with Gasteiger partial charge in [0.05, 0.1) is 18.4 Å². The molecule has 88 valence electrons. The summed E-state index contributed by atoms with van der Waals surface area (Å²) in [5.41, 5.74) is 7.06. The van der Waals surface area contributed by atoms with Crippen LogP contribution in [0.1, 0.15) is 5.69 Å². The van der Waals surface area contributed by atoms with Gasteiger partial charge in [-0.1, -0.05) is 17.4 Å². The number of nitrogens with one attached hydrogen (secondary N) is 1. The van der Waals surface area contributed by atoms with E-state index in [4.69, 9.17) is 18.0 Å². The fraction of sp³-hybridized carbons (Fsp3) is 0.200. The fourth-order valence-corrected chi connectivity index (χ4v) is 1.45. The minimum atomic E-state index is 0.296. The normalized spacial score (nSPS) is 10.1. The molecule has 2 heterocycles. The lowest BCUT2D eigenvalue weighted by Gasteiger charge is -2.07.